The van der Waals surface area contributed by atoms with Crippen molar-refractivity contribution >= 4 is 0 Å². The molecule has 0 saturated carbocycles. The molecule has 0 bridgehead atoms. The van der Waals surface area contributed by atoms with E-state index in [4.69, 9.17) is 14.2 Å². The van der Waals surface area contributed by atoms with Crippen LogP contribution in [0.3, 0.4) is 0 Å². The lowest BCUT2D eigenvalue weighted by molar-refractivity contribution is 0.227. The van der Waals surface area contributed by atoms with E-state index in [0.717, 1.165) is 43.5 Å². The van der Waals surface area contributed by atoms with Crippen LogP contribution in [0.25, 0.3) is 0 Å². The van der Waals surface area contributed by atoms with Crippen molar-refractivity contribution in [2.45, 2.75) is 44.7 Å². The zero-order valence-corrected chi connectivity index (χ0v) is 26.3. The molecule has 44 heavy (non-hydrogen) atoms. The van der Waals surface area contributed by atoms with Gasteiger partial charge in [0.05, 0.1) is 14.2 Å². The molecule has 0 unspecified atom stereocenters. The van der Waals surface area contributed by atoms with E-state index in [9.17, 15) is 10.2 Å². The highest BCUT2D eigenvalue weighted by atomic mass is 16.5. The van der Waals surface area contributed by atoms with Crippen molar-refractivity contribution in [3.63, 3.8) is 0 Å². The average Bonchev–Trinajstić information content (AvgIpc) is 3.02. The zero-order chi connectivity index (χ0) is 31.0. The number of likely N-dealkylation sites (N-methyl/N-ethyl adjacent to an activating group) is 2. The Balaban J connectivity index is 1.30. The first-order chi connectivity index (χ1) is 21.2. The van der Waals surface area contributed by atoms with Gasteiger partial charge in [-0.05, 0) is 116 Å². The summed E-state index contributed by atoms with van der Waals surface area (Å²) in [4.78, 5) is 4.71. The highest BCUT2D eigenvalue weighted by Gasteiger charge is 2.29. The predicted molar refractivity (Wildman–Crippen MR) is 173 cm³/mol. The van der Waals surface area contributed by atoms with Gasteiger partial charge in [0.1, 0.15) is 0 Å². The van der Waals surface area contributed by atoms with Crippen molar-refractivity contribution in [2.75, 3.05) is 41.4 Å². The molecule has 4 aromatic carbocycles. The minimum absolute atomic E-state index is 0.0595. The van der Waals surface area contributed by atoms with E-state index in [1.807, 2.05) is 24.3 Å². The number of rotatable bonds is 8. The SMILES string of the molecule is COc1cc2c(cc1O)[C@@H](Cc1ccc(O)c(Oc3cc4c(cc3OC)CCN(C)[C@@H]4Cc3ccc(C)cc3)c1)N(C)CC2. The molecule has 2 heterocycles. The third-order valence-electron chi connectivity index (χ3n) is 9.34. The number of aromatic hydroxyl groups is 2. The van der Waals surface area contributed by atoms with Gasteiger partial charge in [-0.3, -0.25) is 9.80 Å². The van der Waals surface area contributed by atoms with E-state index < -0.39 is 0 Å². The summed E-state index contributed by atoms with van der Waals surface area (Å²) in [6.07, 6.45) is 3.41. The summed E-state index contributed by atoms with van der Waals surface area (Å²) in [6, 6.07) is 22.5. The van der Waals surface area contributed by atoms with Gasteiger partial charge >= 0.3 is 0 Å². The van der Waals surface area contributed by atoms with Crippen molar-refractivity contribution in [1.29, 1.82) is 0 Å². The Bertz CT molecular complexity index is 1650. The van der Waals surface area contributed by atoms with E-state index in [0.29, 0.717) is 29.4 Å². The van der Waals surface area contributed by atoms with Crippen LogP contribution in [-0.4, -0.2) is 61.4 Å². The largest absolute Gasteiger partial charge is 0.504 e. The molecular weight excluding hydrogens is 552 g/mol. The summed E-state index contributed by atoms with van der Waals surface area (Å²) in [5.74, 6) is 2.33. The molecule has 2 aliphatic heterocycles. The van der Waals surface area contributed by atoms with Crippen LogP contribution >= 0.6 is 0 Å². The van der Waals surface area contributed by atoms with E-state index in [2.05, 4.69) is 67.2 Å². The van der Waals surface area contributed by atoms with Crippen LogP contribution in [-0.2, 0) is 25.7 Å². The van der Waals surface area contributed by atoms with E-state index in [1.54, 1.807) is 20.3 Å². The average molecular weight is 595 g/mol. The van der Waals surface area contributed by atoms with Crippen LogP contribution in [0.1, 0.15) is 51.0 Å². The Hall–Kier alpha value is -4.20. The standard InChI is InChI=1S/C37H42N2O5/c1-23-6-8-24(9-7-23)16-30-29-22-37(36(43-5)20-27(29)13-15-38(30)2)44-35-18-25(10-11-32(35)40)17-31-28-21-33(41)34(42-4)19-26(28)12-14-39(31)3/h6-11,18-22,30-31,40-41H,12-17H2,1-5H3/t30-,31-/m1/s1. The highest BCUT2D eigenvalue weighted by molar-refractivity contribution is 5.54. The third-order valence-corrected chi connectivity index (χ3v) is 9.34. The molecule has 7 heteroatoms. The monoisotopic (exact) mass is 594 g/mol. The van der Waals surface area contributed by atoms with Crippen LogP contribution in [0.15, 0.2) is 66.7 Å². The second-order valence-electron chi connectivity index (χ2n) is 12.2. The molecule has 0 aromatic heterocycles. The quantitative estimate of drug-likeness (QED) is 0.234. The molecule has 2 atom stereocenters. The van der Waals surface area contributed by atoms with Crippen molar-refractivity contribution in [1.82, 2.24) is 9.80 Å². The lowest BCUT2D eigenvalue weighted by Gasteiger charge is -2.35. The van der Waals surface area contributed by atoms with E-state index >= 15 is 0 Å². The molecule has 0 amide bonds. The Morgan fingerprint density at radius 2 is 1.20 bits per heavy atom. The normalized spacial score (nSPS) is 18.4. The van der Waals surface area contributed by atoms with Gasteiger partial charge in [-0.2, -0.15) is 0 Å². The number of fused-ring (bicyclic) bond motifs is 2. The Labute approximate surface area is 260 Å². The Morgan fingerprint density at radius 3 is 1.84 bits per heavy atom. The van der Waals surface area contributed by atoms with Crippen LogP contribution in [0, 0.1) is 6.92 Å². The topological polar surface area (TPSA) is 74.6 Å². The molecule has 2 aliphatic rings. The van der Waals surface area contributed by atoms with Crippen molar-refractivity contribution < 1.29 is 24.4 Å². The number of hydrogen-bond donors (Lipinski definition) is 2. The molecule has 0 fully saturated rings. The van der Waals surface area contributed by atoms with Gasteiger partial charge in [0.15, 0.2) is 34.5 Å². The first kappa shape index (κ1) is 29.9. The fourth-order valence-corrected chi connectivity index (χ4v) is 6.67. The number of benzene rings is 4. The maximum absolute atomic E-state index is 10.9. The van der Waals surface area contributed by atoms with Gasteiger partial charge < -0.3 is 24.4 Å². The van der Waals surface area contributed by atoms with Crippen molar-refractivity contribution in [3.05, 3.63) is 106 Å². The molecule has 0 radical (unpaired) electrons. The zero-order valence-electron chi connectivity index (χ0n) is 26.3. The maximum Gasteiger partial charge on any atom is 0.169 e. The first-order valence-corrected chi connectivity index (χ1v) is 15.3. The summed E-state index contributed by atoms with van der Waals surface area (Å²) in [5.41, 5.74) is 8.33. The summed E-state index contributed by atoms with van der Waals surface area (Å²) >= 11 is 0. The lowest BCUT2D eigenvalue weighted by atomic mass is 9.88. The number of aryl methyl sites for hydroxylation is 1. The van der Waals surface area contributed by atoms with E-state index in [1.165, 1.54) is 27.8 Å². The molecule has 230 valence electrons. The molecule has 0 spiro atoms. The first-order valence-electron chi connectivity index (χ1n) is 15.3. The number of hydrogen-bond acceptors (Lipinski definition) is 7. The van der Waals surface area contributed by atoms with Crippen molar-refractivity contribution in [2.24, 2.45) is 0 Å². The second kappa shape index (κ2) is 12.4. The minimum atomic E-state index is 0.0595. The molecule has 0 aliphatic carbocycles. The van der Waals surface area contributed by atoms with Gasteiger partial charge in [-0.1, -0.05) is 35.9 Å². The number of phenolic OH excluding ortho intramolecular Hbond substituents is 2. The number of nitrogens with zero attached hydrogens (tertiary/aromatic N) is 2. The Kier molecular flexibility index (Phi) is 8.43. The smallest absolute Gasteiger partial charge is 0.169 e. The van der Waals surface area contributed by atoms with Gasteiger partial charge in [0, 0.05) is 25.2 Å². The summed E-state index contributed by atoms with van der Waals surface area (Å²) in [7, 11) is 7.52. The van der Waals surface area contributed by atoms with Gasteiger partial charge in [-0.15, -0.1) is 0 Å². The van der Waals surface area contributed by atoms with Gasteiger partial charge in [0.25, 0.3) is 0 Å². The molecule has 4 aromatic rings. The fraction of sp³-hybridized carbons (Fsp3) is 0.351. The third kappa shape index (κ3) is 5.94. The van der Waals surface area contributed by atoms with Crippen LogP contribution in [0.2, 0.25) is 0 Å². The molecule has 6 rings (SSSR count). The van der Waals surface area contributed by atoms with Crippen LogP contribution in [0.4, 0.5) is 0 Å². The minimum Gasteiger partial charge on any atom is -0.504 e. The lowest BCUT2D eigenvalue weighted by Crippen LogP contribution is -2.33. The fourth-order valence-electron chi connectivity index (χ4n) is 6.67. The summed E-state index contributed by atoms with van der Waals surface area (Å²) < 4.78 is 17.6. The van der Waals surface area contributed by atoms with Gasteiger partial charge in [0.2, 0.25) is 0 Å². The van der Waals surface area contributed by atoms with E-state index in [-0.39, 0.29) is 23.6 Å². The number of phenols is 2. The molecule has 0 saturated heterocycles. The number of ether oxygens (including phenoxy) is 3. The maximum atomic E-state index is 10.9. The van der Waals surface area contributed by atoms with Crippen LogP contribution in [0.5, 0.6) is 34.5 Å². The molecular formula is C37H42N2O5. The summed E-state index contributed by atoms with van der Waals surface area (Å²) in [5, 5.41) is 21.4. The molecule has 7 nitrogen and oxygen atoms in total. The van der Waals surface area contributed by atoms with Gasteiger partial charge in [-0.25, -0.2) is 0 Å². The Morgan fingerprint density at radius 1 is 0.636 bits per heavy atom. The number of methoxy groups -OCH3 is 2. The highest BCUT2D eigenvalue weighted by Crippen LogP contribution is 2.43. The second-order valence-corrected chi connectivity index (χ2v) is 12.2. The van der Waals surface area contributed by atoms with Crippen molar-refractivity contribution in [3.8, 4) is 34.5 Å². The predicted octanol–water partition coefficient (Wildman–Crippen LogP) is 6.76. The van der Waals surface area contributed by atoms with Crippen LogP contribution < -0.4 is 14.2 Å². The molecule has 2 N–H and O–H groups in total. The summed E-state index contributed by atoms with van der Waals surface area (Å²) in [6.45, 7) is 3.98.